The summed E-state index contributed by atoms with van der Waals surface area (Å²) in [6.45, 7) is 1.39. The molecule has 15 heavy (non-hydrogen) atoms. The first-order valence-corrected chi connectivity index (χ1v) is 5.55. The molecule has 2 fully saturated rings. The van der Waals surface area contributed by atoms with Crippen LogP contribution >= 0.6 is 0 Å². The van der Waals surface area contributed by atoms with E-state index in [1.807, 2.05) is 0 Å². The van der Waals surface area contributed by atoms with Gasteiger partial charge in [0.05, 0.1) is 0 Å². The highest BCUT2D eigenvalue weighted by Gasteiger charge is 2.72. The molecule has 2 N–H and O–H groups in total. The smallest absolute Gasteiger partial charge is 0.330 e. The molecule has 0 aliphatic heterocycles. The van der Waals surface area contributed by atoms with Crippen LogP contribution in [-0.2, 0) is 9.59 Å². The van der Waals surface area contributed by atoms with Gasteiger partial charge in [0.15, 0.2) is 0 Å². The summed E-state index contributed by atoms with van der Waals surface area (Å²) in [5, 5.41) is 11.9. The zero-order valence-electron chi connectivity index (χ0n) is 9.01. The van der Waals surface area contributed by atoms with Gasteiger partial charge in [-0.05, 0) is 19.3 Å². The molecular formula is C11H17NO3. The van der Waals surface area contributed by atoms with E-state index >= 15 is 0 Å². The number of carboxylic acids is 1. The summed E-state index contributed by atoms with van der Waals surface area (Å²) in [6, 6.07) is 0. The Kier molecular flexibility index (Phi) is 2.24. The molecule has 0 aromatic heterocycles. The number of amides is 1. The Morgan fingerprint density at radius 3 is 2.27 bits per heavy atom. The fraction of sp³-hybridized carbons (Fsp3) is 0.818. The quantitative estimate of drug-likeness (QED) is 0.723. The summed E-state index contributed by atoms with van der Waals surface area (Å²) in [6.07, 6.45) is 5.88. The molecule has 0 heterocycles. The second kappa shape index (κ2) is 3.22. The minimum atomic E-state index is -0.945. The van der Waals surface area contributed by atoms with Gasteiger partial charge in [-0.1, -0.05) is 19.3 Å². The molecular weight excluding hydrogens is 194 g/mol. The Labute approximate surface area is 89.0 Å². The number of hydrogen-bond acceptors (Lipinski definition) is 2. The molecule has 2 saturated carbocycles. The normalized spacial score (nSPS) is 32.3. The molecule has 1 atom stereocenters. The van der Waals surface area contributed by atoms with Crippen LogP contribution in [0.1, 0.15) is 45.4 Å². The predicted octanol–water partition coefficient (Wildman–Crippen LogP) is 1.30. The lowest BCUT2D eigenvalue weighted by molar-refractivity contribution is -0.144. The Hall–Kier alpha value is -1.06. The summed E-state index contributed by atoms with van der Waals surface area (Å²) in [5.41, 5.74) is -1.08. The van der Waals surface area contributed by atoms with Gasteiger partial charge in [0, 0.05) is 12.3 Å². The van der Waals surface area contributed by atoms with Crippen molar-refractivity contribution in [1.29, 1.82) is 0 Å². The number of carbonyl (C=O) groups excluding carboxylic acids is 1. The van der Waals surface area contributed by atoms with Crippen molar-refractivity contribution >= 4 is 11.9 Å². The minimum absolute atomic E-state index is 0.136. The second-order valence-corrected chi connectivity index (χ2v) is 4.91. The summed E-state index contributed by atoms with van der Waals surface area (Å²) in [5.74, 6) is -1.10. The standard InChI is InChI=1S/C11H17NO3/c1-8(13)12-11(9(14)15)7-10(11)5-3-2-4-6-10/h2-7H2,1H3,(H,12,13)(H,14,15). The lowest BCUT2D eigenvalue weighted by atomic mass is 9.82. The third-order valence-corrected chi connectivity index (χ3v) is 3.95. The maximum absolute atomic E-state index is 11.3. The van der Waals surface area contributed by atoms with E-state index in [1.54, 1.807) is 0 Å². The van der Waals surface area contributed by atoms with Crippen LogP contribution in [0.25, 0.3) is 0 Å². The van der Waals surface area contributed by atoms with E-state index in [1.165, 1.54) is 13.3 Å². The molecule has 0 saturated heterocycles. The third-order valence-electron chi connectivity index (χ3n) is 3.95. The first-order valence-electron chi connectivity index (χ1n) is 5.55. The van der Waals surface area contributed by atoms with Crippen molar-refractivity contribution in [2.45, 2.75) is 51.0 Å². The topological polar surface area (TPSA) is 66.4 Å². The van der Waals surface area contributed by atoms with E-state index in [0.29, 0.717) is 6.42 Å². The Morgan fingerprint density at radius 2 is 1.80 bits per heavy atom. The highest BCUT2D eigenvalue weighted by molar-refractivity contribution is 5.90. The maximum Gasteiger partial charge on any atom is 0.330 e. The van der Waals surface area contributed by atoms with Gasteiger partial charge in [-0.3, -0.25) is 4.79 Å². The van der Waals surface area contributed by atoms with Gasteiger partial charge in [0.1, 0.15) is 5.54 Å². The molecule has 2 rings (SSSR count). The van der Waals surface area contributed by atoms with Gasteiger partial charge in [-0.25, -0.2) is 4.79 Å². The van der Waals surface area contributed by atoms with Crippen LogP contribution in [0.4, 0.5) is 0 Å². The van der Waals surface area contributed by atoms with Crippen LogP contribution in [0.3, 0.4) is 0 Å². The molecule has 0 aromatic rings. The summed E-state index contributed by atoms with van der Waals surface area (Å²) in [4.78, 5) is 22.3. The van der Waals surface area contributed by atoms with Crippen LogP contribution in [0.2, 0.25) is 0 Å². The molecule has 0 bridgehead atoms. The van der Waals surface area contributed by atoms with Crippen molar-refractivity contribution < 1.29 is 14.7 Å². The Balaban J connectivity index is 2.17. The molecule has 2 aliphatic carbocycles. The van der Waals surface area contributed by atoms with Gasteiger partial charge in [0.2, 0.25) is 5.91 Å². The van der Waals surface area contributed by atoms with Crippen LogP contribution in [0.15, 0.2) is 0 Å². The largest absolute Gasteiger partial charge is 0.479 e. The van der Waals surface area contributed by atoms with Crippen LogP contribution < -0.4 is 5.32 Å². The Bertz CT molecular complexity index is 307. The minimum Gasteiger partial charge on any atom is -0.479 e. The Morgan fingerprint density at radius 1 is 1.20 bits per heavy atom. The number of carbonyl (C=O) groups is 2. The van der Waals surface area contributed by atoms with Crippen LogP contribution in [0.5, 0.6) is 0 Å². The lowest BCUT2D eigenvalue weighted by Crippen LogP contribution is -2.47. The number of hydrogen-bond donors (Lipinski definition) is 2. The average Bonchev–Trinajstić information content (AvgIpc) is 2.74. The summed E-state index contributed by atoms with van der Waals surface area (Å²) >= 11 is 0. The molecule has 2 aliphatic rings. The van der Waals surface area contributed by atoms with Gasteiger partial charge in [0.25, 0.3) is 0 Å². The van der Waals surface area contributed by atoms with E-state index in [-0.39, 0.29) is 11.3 Å². The fourth-order valence-corrected chi connectivity index (χ4v) is 3.13. The number of rotatable bonds is 2. The highest BCUT2D eigenvalue weighted by atomic mass is 16.4. The summed E-state index contributed by atoms with van der Waals surface area (Å²) < 4.78 is 0. The molecule has 1 spiro atoms. The van der Waals surface area contributed by atoms with Crippen molar-refractivity contribution in [3.05, 3.63) is 0 Å². The maximum atomic E-state index is 11.3. The van der Waals surface area contributed by atoms with Gasteiger partial charge >= 0.3 is 5.97 Å². The molecule has 0 radical (unpaired) electrons. The highest BCUT2D eigenvalue weighted by Crippen LogP contribution is 2.64. The van der Waals surface area contributed by atoms with Crippen molar-refractivity contribution in [3.63, 3.8) is 0 Å². The SMILES string of the molecule is CC(=O)NC1(C(=O)O)CC12CCCCC2. The summed E-state index contributed by atoms with van der Waals surface area (Å²) in [7, 11) is 0. The van der Waals surface area contributed by atoms with E-state index in [2.05, 4.69) is 5.32 Å². The zero-order valence-corrected chi connectivity index (χ0v) is 9.01. The number of carboxylic acid groups (broad SMARTS) is 1. The molecule has 1 amide bonds. The monoisotopic (exact) mass is 211 g/mol. The fourth-order valence-electron chi connectivity index (χ4n) is 3.13. The molecule has 4 heteroatoms. The molecule has 84 valence electrons. The second-order valence-electron chi connectivity index (χ2n) is 4.91. The van der Waals surface area contributed by atoms with Crippen molar-refractivity contribution in [1.82, 2.24) is 5.32 Å². The van der Waals surface area contributed by atoms with Gasteiger partial charge in [-0.15, -0.1) is 0 Å². The first kappa shape index (κ1) is 10.5. The van der Waals surface area contributed by atoms with Gasteiger partial charge in [-0.2, -0.15) is 0 Å². The lowest BCUT2D eigenvalue weighted by Gasteiger charge is -2.26. The van der Waals surface area contributed by atoms with Gasteiger partial charge < -0.3 is 10.4 Å². The van der Waals surface area contributed by atoms with Crippen molar-refractivity contribution in [2.75, 3.05) is 0 Å². The number of nitrogens with one attached hydrogen (secondary N) is 1. The van der Waals surface area contributed by atoms with E-state index < -0.39 is 11.5 Å². The van der Waals surface area contributed by atoms with Crippen LogP contribution in [0, 0.1) is 5.41 Å². The zero-order chi connectivity index (χ0) is 11.1. The van der Waals surface area contributed by atoms with E-state index in [0.717, 1.165) is 25.7 Å². The number of aliphatic carboxylic acids is 1. The van der Waals surface area contributed by atoms with E-state index in [9.17, 15) is 14.7 Å². The van der Waals surface area contributed by atoms with E-state index in [4.69, 9.17) is 0 Å². The van der Waals surface area contributed by atoms with Crippen LogP contribution in [-0.4, -0.2) is 22.5 Å². The van der Waals surface area contributed by atoms with Crippen molar-refractivity contribution in [2.24, 2.45) is 5.41 Å². The molecule has 4 nitrogen and oxygen atoms in total. The predicted molar refractivity (Wildman–Crippen MR) is 54.3 cm³/mol. The van der Waals surface area contributed by atoms with Crippen molar-refractivity contribution in [3.8, 4) is 0 Å². The average molecular weight is 211 g/mol. The molecule has 0 aromatic carbocycles. The third kappa shape index (κ3) is 1.43. The first-order chi connectivity index (χ1) is 7.02. The molecule has 1 unspecified atom stereocenters.